The lowest BCUT2D eigenvalue weighted by Gasteiger charge is -2.12. The van der Waals surface area contributed by atoms with Crippen LogP contribution < -0.4 is 10.5 Å². The molecule has 4 nitrogen and oxygen atoms in total. The Bertz CT molecular complexity index is 345. The molecule has 1 aromatic heterocycles. The van der Waals surface area contributed by atoms with Gasteiger partial charge in [0, 0.05) is 21.1 Å². The van der Waals surface area contributed by atoms with E-state index in [1.165, 1.54) is 4.68 Å². The van der Waals surface area contributed by atoms with E-state index in [0.717, 1.165) is 0 Å². The molecule has 0 radical (unpaired) electrons. The molecule has 0 bridgehead atoms. The Labute approximate surface area is 75.4 Å². The molecule has 0 aliphatic heterocycles. The first-order valence-corrected chi connectivity index (χ1v) is 3.81. The number of anilines is 1. The molecule has 0 aliphatic carbocycles. The fourth-order valence-electron chi connectivity index (χ4n) is 0.814. The summed E-state index contributed by atoms with van der Waals surface area (Å²) >= 11 is 5.78. The van der Waals surface area contributed by atoms with Crippen LogP contribution in [0.4, 0.5) is 5.69 Å². The minimum absolute atomic E-state index is 0.206. The van der Waals surface area contributed by atoms with E-state index >= 15 is 0 Å². The van der Waals surface area contributed by atoms with Gasteiger partial charge in [-0.1, -0.05) is 11.6 Å². The minimum atomic E-state index is -0.275. The smallest absolute Gasteiger partial charge is 0.287 e. The highest BCUT2D eigenvalue weighted by Crippen LogP contribution is 2.17. The molecule has 12 heavy (non-hydrogen) atoms. The van der Waals surface area contributed by atoms with E-state index in [2.05, 4.69) is 5.10 Å². The van der Waals surface area contributed by atoms with Crippen LogP contribution in [-0.4, -0.2) is 23.9 Å². The van der Waals surface area contributed by atoms with Gasteiger partial charge in [0.15, 0.2) is 0 Å². The van der Waals surface area contributed by atoms with Gasteiger partial charge in [-0.2, -0.15) is 5.10 Å². The van der Waals surface area contributed by atoms with Crippen LogP contribution in [0, 0.1) is 0 Å². The van der Waals surface area contributed by atoms with Crippen molar-refractivity contribution in [2.45, 2.75) is 0 Å². The van der Waals surface area contributed by atoms with Gasteiger partial charge in [0.2, 0.25) is 0 Å². The van der Waals surface area contributed by atoms with Crippen LogP contribution in [0.3, 0.4) is 0 Å². The molecular formula is C7H10ClN3O. The quantitative estimate of drug-likeness (QED) is 0.643. The number of hydrogen-bond donors (Lipinski definition) is 0. The summed E-state index contributed by atoms with van der Waals surface area (Å²) in [6.07, 6.45) is 1.56. The van der Waals surface area contributed by atoms with Gasteiger partial charge in [0.05, 0.1) is 11.9 Å². The minimum Gasteiger partial charge on any atom is -0.375 e. The number of rotatable bonds is 1. The van der Waals surface area contributed by atoms with E-state index < -0.39 is 0 Å². The van der Waals surface area contributed by atoms with Crippen molar-refractivity contribution in [1.82, 2.24) is 9.78 Å². The van der Waals surface area contributed by atoms with Crippen LogP contribution in [-0.2, 0) is 7.05 Å². The lowest BCUT2D eigenvalue weighted by molar-refractivity contribution is 0.706. The van der Waals surface area contributed by atoms with Crippen LogP contribution in [0.25, 0.3) is 0 Å². The first-order valence-electron chi connectivity index (χ1n) is 3.43. The van der Waals surface area contributed by atoms with Crippen molar-refractivity contribution < 1.29 is 0 Å². The Kier molecular flexibility index (Phi) is 2.38. The number of aryl methyl sites for hydroxylation is 1. The summed E-state index contributed by atoms with van der Waals surface area (Å²) in [7, 11) is 5.18. The Hall–Kier alpha value is -1.03. The van der Waals surface area contributed by atoms with E-state index in [1.54, 1.807) is 18.1 Å². The van der Waals surface area contributed by atoms with Gasteiger partial charge in [0.25, 0.3) is 5.56 Å². The van der Waals surface area contributed by atoms with Crippen molar-refractivity contribution in [3.05, 3.63) is 21.6 Å². The largest absolute Gasteiger partial charge is 0.375 e. The van der Waals surface area contributed by atoms with Crippen molar-refractivity contribution in [3.8, 4) is 0 Å². The third-order valence-electron chi connectivity index (χ3n) is 1.54. The monoisotopic (exact) mass is 187 g/mol. The molecule has 1 heterocycles. The fourth-order valence-corrected chi connectivity index (χ4v) is 1.15. The molecule has 0 amide bonds. The molecule has 0 spiro atoms. The molecule has 0 aliphatic rings. The SMILES string of the molecule is CN(C)c1cnn(C)c(=O)c1Cl. The third-order valence-corrected chi connectivity index (χ3v) is 1.90. The predicted octanol–water partition coefficient (Wildman–Crippen LogP) is 0.500. The van der Waals surface area contributed by atoms with Crippen molar-refractivity contribution in [2.75, 3.05) is 19.0 Å². The van der Waals surface area contributed by atoms with Crippen molar-refractivity contribution in [1.29, 1.82) is 0 Å². The first kappa shape index (κ1) is 9.06. The van der Waals surface area contributed by atoms with E-state index in [1.807, 2.05) is 14.1 Å². The van der Waals surface area contributed by atoms with Gasteiger partial charge >= 0.3 is 0 Å². The molecule has 0 aromatic carbocycles. The summed E-state index contributed by atoms with van der Waals surface area (Å²) < 4.78 is 1.20. The molecule has 0 atom stereocenters. The standard InChI is InChI=1S/C7H10ClN3O/c1-10(2)5-4-9-11(3)7(12)6(5)8/h4H,1-3H3. The van der Waals surface area contributed by atoms with Gasteiger partial charge in [-0.05, 0) is 0 Å². The van der Waals surface area contributed by atoms with Crippen molar-refractivity contribution >= 4 is 17.3 Å². The molecule has 0 N–H and O–H groups in total. The summed E-state index contributed by atoms with van der Waals surface area (Å²) in [4.78, 5) is 13.0. The first-order chi connectivity index (χ1) is 5.54. The second-order valence-corrected chi connectivity index (χ2v) is 3.04. The van der Waals surface area contributed by atoms with Crippen LogP contribution in [0.15, 0.2) is 11.0 Å². The number of hydrogen-bond acceptors (Lipinski definition) is 3. The zero-order valence-electron chi connectivity index (χ0n) is 7.21. The summed E-state index contributed by atoms with van der Waals surface area (Å²) in [5, 5.41) is 4.04. The second-order valence-electron chi connectivity index (χ2n) is 2.67. The van der Waals surface area contributed by atoms with E-state index in [9.17, 15) is 4.79 Å². The predicted molar refractivity (Wildman–Crippen MR) is 48.8 cm³/mol. The summed E-state index contributed by atoms with van der Waals surface area (Å²) in [5.41, 5.74) is 0.364. The zero-order valence-corrected chi connectivity index (χ0v) is 7.96. The highest BCUT2D eigenvalue weighted by molar-refractivity contribution is 6.32. The molecular weight excluding hydrogens is 178 g/mol. The average Bonchev–Trinajstić information content (AvgIpc) is 2.00. The van der Waals surface area contributed by atoms with Crippen LogP contribution in [0.1, 0.15) is 0 Å². The Morgan fingerprint density at radius 2 is 2.17 bits per heavy atom. The van der Waals surface area contributed by atoms with Gasteiger partial charge in [0.1, 0.15) is 5.02 Å². The maximum absolute atomic E-state index is 11.2. The van der Waals surface area contributed by atoms with Gasteiger partial charge < -0.3 is 4.90 Å². The van der Waals surface area contributed by atoms with Crippen molar-refractivity contribution in [3.63, 3.8) is 0 Å². The third kappa shape index (κ3) is 1.43. The summed E-state index contributed by atoms with van der Waals surface area (Å²) in [5.74, 6) is 0. The normalized spacial score (nSPS) is 10.0. The van der Waals surface area contributed by atoms with Gasteiger partial charge in [-0.25, -0.2) is 4.68 Å². The van der Waals surface area contributed by atoms with E-state index in [4.69, 9.17) is 11.6 Å². The van der Waals surface area contributed by atoms with Gasteiger partial charge in [-0.3, -0.25) is 4.79 Å². The number of aromatic nitrogens is 2. The maximum Gasteiger partial charge on any atom is 0.287 e. The maximum atomic E-state index is 11.2. The van der Waals surface area contributed by atoms with Crippen LogP contribution in [0.2, 0.25) is 5.02 Å². The summed E-state index contributed by atoms with van der Waals surface area (Å²) in [6, 6.07) is 0. The molecule has 0 unspecified atom stereocenters. The van der Waals surface area contributed by atoms with E-state index in [0.29, 0.717) is 5.69 Å². The molecule has 1 aromatic rings. The van der Waals surface area contributed by atoms with Crippen LogP contribution in [0.5, 0.6) is 0 Å². The lowest BCUT2D eigenvalue weighted by Crippen LogP contribution is -2.23. The Morgan fingerprint density at radius 3 is 2.67 bits per heavy atom. The molecule has 66 valence electrons. The molecule has 5 heteroatoms. The average molecular weight is 188 g/mol. The zero-order chi connectivity index (χ0) is 9.30. The van der Waals surface area contributed by atoms with Crippen molar-refractivity contribution in [2.24, 2.45) is 7.05 Å². The highest BCUT2D eigenvalue weighted by atomic mass is 35.5. The fraction of sp³-hybridized carbons (Fsp3) is 0.429. The lowest BCUT2D eigenvalue weighted by atomic mass is 10.4. The topological polar surface area (TPSA) is 38.1 Å². The second kappa shape index (κ2) is 3.15. The number of halogens is 1. The van der Waals surface area contributed by atoms with Gasteiger partial charge in [-0.15, -0.1) is 0 Å². The Morgan fingerprint density at radius 1 is 1.58 bits per heavy atom. The van der Waals surface area contributed by atoms with E-state index in [-0.39, 0.29) is 10.6 Å². The molecule has 0 fully saturated rings. The summed E-state index contributed by atoms with van der Waals surface area (Å²) in [6.45, 7) is 0. The molecule has 0 saturated heterocycles. The molecule has 1 rings (SSSR count). The number of nitrogens with zero attached hydrogens (tertiary/aromatic N) is 3. The highest BCUT2D eigenvalue weighted by Gasteiger charge is 2.07. The van der Waals surface area contributed by atoms with Crippen LogP contribution >= 0.6 is 11.6 Å². The molecule has 0 saturated carbocycles. The Balaban J connectivity index is 3.37.